The third-order valence-corrected chi connectivity index (χ3v) is 6.49. The van der Waals surface area contributed by atoms with Gasteiger partial charge in [0.1, 0.15) is 0 Å². The van der Waals surface area contributed by atoms with Crippen molar-refractivity contribution in [3.8, 4) is 0 Å². The van der Waals surface area contributed by atoms with Crippen molar-refractivity contribution in [3.63, 3.8) is 0 Å². The van der Waals surface area contributed by atoms with Gasteiger partial charge < -0.3 is 4.90 Å². The van der Waals surface area contributed by atoms with E-state index < -0.39 is 14.8 Å². The van der Waals surface area contributed by atoms with Crippen LogP contribution in [0.5, 0.6) is 0 Å². The minimum atomic E-state index is -2.88. The fourth-order valence-corrected chi connectivity index (χ4v) is 4.72. The molecule has 24 heavy (non-hydrogen) atoms. The minimum Gasteiger partial charge on any atom is -0.351 e. The van der Waals surface area contributed by atoms with Gasteiger partial charge in [0.05, 0.1) is 21.5 Å². The molecule has 1 aromatic heterocycles. The van der Waals surface area contributed by atoms with Crippen molar-refractivity contribution in [3.05, 3.63) is 27.4 Å². The molecule has 3 rings (SSSR count). The lowest BCUT2D eigenvalue weighted by molar-refractivity contribution is -0.384. The largest absolute Gasteiger partial charge is 0.351 e. The Kier molecular flexibility index (Phi) is 4.93. The summed E-state index contributed by atoms with van der Waals surface area (Å²) in [6.45, 7) is 2.46. The second kappa shape index (κ2) is 6.81. The number of hydrogen-bond donors (Lipinski definition) is 0. The Labute approximate surface area is 145 Å². The summed E-state index contributed by atoms with van der Waals surface area (Å²) in [7, 11) is -2.88. The highest BCUT2D eigenvalue weighted by atomic mass is 35.5. The normalized spacial score (nSPS) is 22.5. The zero-order valence-corrected chi connectivity index (χ0v) is 14.7. The monoisotopic (exact) mass is 374 g/mol. The summed E-state index contributed by atoms with van der Waals surface area (Å²) in [5.74, 6) is 0.790. The number of aromatic nitrogens is 1. The van der Waals surface area contributed by atoms with Crippen molar-refractivity contribution in [2.45, 2.75) is 18.9 Å². The van der Waals surface area contributed by atoms with Crippen LogP contribution in [0.2, 0.25) is 5.02 Å². The Bertz CT molecular complexity index is 720. The number of anilines is 1. The van der Waals surface area contributed by atoms with Gasteiger partial charge in [0.15, 0.2) is 9.84 Å². The zero-order chi connectivity index (χ0) is 17.3. The minimum absolute atomic E-state index is 0.0787. The summed E-state index contributed by atoms with van der Waals surface area (Å²) in [5.41, 5.74) is -0.0787. The lowest BCUT2D eigenvalue weighted by Gasteiger charge is -2.40. The quantitative estimate of drug-likeness (QED) is 0.581. The molecule has 3 heterocycles. The van der Waals surface area contributed by atoms with Gasteiger partial charge in [-0.05, 0) is 12.8 Å². The molecule has 0 aromatic carbocycles. The van der Waals surface area contributed by atoms with Crippen LogP contribution in [0.15, 0.2) is 12.3 Å². The van der Waals surface area contributed by atoms with Crippen LogP contribution in [0.25, 0.3) is 0 Å². The molecule has 1 aromatic rings. The lowest BCUT2D eigenvalue weighted by Crippen LogP contribution is -2.50. The number of sulfone groups is 1. The standard InChI is InChI=1S/C14H19ClN4O4S/c15-11-9-13(19(20)21)14(16-10-11)18-3-1-12(2-4-18)17-5-7-24(22,23)8-6-17/h9-10,12H,1-8H2. The van der Waals surface area contributed by atoms with Crippen molar-refractivity contribution >= 4 is 32.9 Å². The average Bonchev–Trinajstić information content (AvgIpc) is 2.55. The third kappa shape index (κ3) is 3.79. The van der Waals surface area contributed by atoms with E-state index in [2.05, 4.69) is 9.88 Å². The predicted octanol–water partition coefficient (Wildman–Crippen LogP) is 1.34. The molecule has 0 bridgehead atoms. The summed E-state index contributed by atoms with van der Waals surface area (Å²) >= 11 is 5.81. The van der Waals surface area contributed by atoms with Crippen LogP contribution in [0, 0.1) is 10.1 Å². The lowest BCUT2D eigenvalue weighted by atomic mass is 10.0. The Hall–Kier alpha value is -1.45. The molecule has 0 aliphatic carbocycles. The van der Waals surface area contributed by atoms with E-state index in [1.54, 1.807) is 0 Å². The molecule has 10 heteroatoms. The van der Waals surface area contributed by atoms with E-state index in [-0.39, 0.29) is 22.2 Å². The van der Waals surface area contributed by atoms with Gasteiger partial charge in [-0.15, -0.1) is 0 Å². The van der Waals surface area contributed by atoms with E-state index in [0.29, 0.717) is 38.0 Å². The molecule has 0 saturated carbocycles. The highest BCUT2D eigenvalue weighted by Gasteiger charge is 2.31. The Morgan fingerprint density at radius 1 is 1.21 bits per heavy atom. The molecule has 0 N–H and O–H groups in total. The number of hydrogen-bond acceptors (Lipinski definition) is 7. The maximum atomic E-state index is 11.5. The van der Waals surface area contributed by atoms with E-state index in [1.165, 1.54) is 12.3 Å². The zero-order valence-electron chi connectivity index (χ0n) is 13.1. The first-order chi connectivity index (χ1) is 11.4. The summed E-state index contributed by atoms with van der Waals surface area (Å²) in [4.78, 5) is 19.0. The second-order valence-corrected chi connectivity index (χ2v) is 8.90. The first kappa shape index (κ1) is 17.4. The van der Waals surface area contributed by atoms with Gasteiger partial charge in [-0.25, -0.2) is 13.4 Å². The molecule has 0 atom stereocenters. The number of nitrogens with zero attached hydrogens (tertiary/aromatic N) is 4. The molecular weight excluding hydrogens is 356 g/mol. The maximum absolute atomic E-state index is 11.5. The first-order valence-corrected chi connectivity index (χ1v) is 10.0. The molecule has 2 saturated heterocycles. The van der Waals surface area contributed by atoms with E-state index in [9.17, 15) is 18.5 Å². The van der Waals surface area contributed by atoms with Crippen LogP contribution in [-0.4, -0.2) is 67.0 Å². The maximum Gasteiger partial charge on any atom is 0.313 e. The van der Waals surface area contributed by atoms with Gasteiger partial charge in [-0.1, -0.05) is 11.6 Å². The number of rotatable bonds is 3. The van der Waals surface area contributed by atoms with Gasteiger partial charge in [0.25, 0.3) is 0 Å². The number of halogens is 1. The van der Waals surface area contributed by atoms with Crippen molar-refractivity contribution in [2.24, 2.45) is 0 Å². The van der Waals surface area contributed by atoms with Crippen LogP contribution < -0.4 is 4.90 Å². The van der Waals surface area contributed by atoms with E-state index >= 15 is 0 Å². The fourth-order valence-electron chi connectivity index (χ4n) is 3.33. The van der Waals surface area contributed by atoms with Crippen LogP contribution >= 0.6 is 11.6 Å². The van der Waals surface area contributed by atoms with Crippen LogP contribution in [-0.2, 0) is 9.84 Å². The smallest absolute Gasteiger partial charge is 0.313 e. The first-order valence-electron chi connectivity index (χ1n) is 7.85. The van der Waals surface area contributed by atoms with Crippen LogP contribution in [0.3, 0.4) is 0 Å². The van der Waals surface area contributed by atoms with E-state index in [1.807, 2.05) is 4.90 Å². The van der Waals surface area contributed by atoms with E-state index in [0.717, 1.165) is 12.8 Å². The van der Waals surface area contributed by atoms with Crippen molar-refractivity contribution in [1.29, 1.82) is 0 Å². The SMILES string of the molecule is O=[N+]([O-])c1cc(Cl)cnc1N1CCC(N2CCS(=O)(=O)CC2)CC1. The summed E-state index contributed by atoms with van der Waals surface area (Å²) in [6, 6.07) is 1.65. The molecule has 2 aliphatic heterocycles. The molecule has 132 valence electrons. The summed E-state index contributed by atoms with van der Waals surface area (Å²) in [5, 5.41) is 11.4. The molecule has 0 amide bonds. The molecule has 2 fully saturated rings. The van der Waals surface area contributed by atoms with Gasteiger partial charge >= 0.3 is 5.69 Å². The predicted molar refractivity (Wildman–Crippen MR) is 91.4 cm³/mol. The van der Waals surface area contributed by atoms with Gasteiger partial charge in [0.2, 0.25) is 5.82 Å². The molecule has 0 radical (unpaired) electrons. The summed E-state index contributed by atoms with van der Waals surface area (Å²) < 4.78 is 23.1. The number of pyridine rings is 1. The van der Waals surface area contributed by atoms with Gasteiger partial charge in [-0.2, -0.15) is 0 Å². The Balaban J connectivity index is 1.65. The van der Waals surface area contributed by atoms with Crippen molar-refractivity contribution in [1.82, 2.24) is 9.88 Å². The molecular formula is C14H19ClN4O4S. The van der Waals surface area contributed by atoms with Crippen molar-refractivity contribution < 1.29 is 13.3 Å². The highest BCUT2D eigenvalue weighted by Crippen LogP contribution is 2.31. The van der Waals surface area contributed by atoms with Gasteiger partial charge in [-0.3, -0.25) is 15.0 Å². The van der Waals surface area contributed by atoms with Crippen LogP contribution in [0.1, 0.15) is 12.8 Å². The highest BCUT2D eigenvalue weighted by molar-refractivity contribution is 7.91. The number of piperidine rings is 1. The topological polar surface area (TPSA) is 96.7 Å². The fraction of sp³-hybridized carbons (Fsp3) is 0.643. The molecule has 0 unspecified atom stereocenters. The van der Waals surface area contributed by atoms with Gasteiger partial charge in [0, 0.05) is 44.5 Å². The summed E-state index contributed by atoms with van der Waals surface area (Å²) in [6.07, 6.45) is 3.09. The Morgan fingerprint density at radius 3 is 2.42 bits per heavy atom. The molecule has 2 aliphatic rings. The molecule has 0 spiro atoms. The van der Waals surface area contributed by atoms with E-state index in [4.69, 9.17) is 11.6 Å². The van der Waals surface area contributed by atoms with Crippen LogP contribution in [0.4, 0.5) is 11.5 Å². The third-order valence-electron chi connectivity index (χ3n) is 4.67. The van der Waals surface area contributed by atoms with Crippen molar-refractivity contribution in [2.75, 3.05) is 42.6 Å². The number of nitro groups is 1. The molecule has 8 nitrogen and oxygen atoms in total. The second-order valence-electron chi connectivity index (χ2n) is 6.16. The average molecular weight is 375 g/mol. The Morgan fingerprint density at radius 2 is 1.83 bits per heavy atom.